The third kappa shape index (κ3) is 5.49. The zero-order chi connectivity index (χ0) is 33.2. The van der Waals surface area contributed by atoms with Crippen molar-refractivity contribution in [3.63, 3.8) is 0 Å². The molecule has 0 spiro atoms. The quantitative estimate of drug-likeness (QED) is 0.312. The summed E-state index contributed by atoms with van der Waals surface area (Å²) >= 11 is 0. The molecule has 5 aliphatic rings. The Morgan fingerprint density at radius 1 is 1.10 bits per heavy atom. The standard InChI is InChI=1S/C35H43N9O4/c1-21-17-41(24-19-48-20-24)8-9-42(21)23-4-5-31(37-16-23)38-28-13-27(39-40-33(28)46)25-6-7-36-32(26(25)18-45)44-11-10-43-29(34(44)47)12-22-14-35(2,3)15-30(22)43/h4-7,12-13,16,21,24,33,39-40,45-46H,8-11,14-15,17-20H2,1-3H3/t21-,33?/m0/s1. The second-order valence-corrected chi connectivity index (χ2v) is 14.3. The number of carbonyl (C=O) groups excluding carboxylic acids is 1. The largest absolute Gasteiger partial charge is 0.392 e. The molecule has 2 saturated heterocycles. The highest BCUT2D eigenvalue weighted by Crippen LogP contribution is 2.40. The van der Waals surface area contributed by atoms with Crippen LogP contribution in [0.5, 0.6) is 0 Å². The highest BCUT2D eigenvalue weighted by molar-refractivity contribution is 6.07. The van der Waals surface area contributed by atoms with Gasteiger partial charge in [0.15, 0.2) is 12.0 Å². The average molecular weight is 654 g/mol. The first kappa shape index (κ1) is 31.1. The first-order valence-corrected chi connectivity index (χ1v) is 16.9. The zero-order valence-corrected chi connectivity index (χ0v) is 27.7. The van der Waals surface area contributed by atoms with Crippen LogP contribution in [0.2, 0.25) is 0 Å². The molecule has 252 valence electrons. The number of rotatable bonds is 6. The molecule has 0 bridgehead atoms. The van der Waals surface area contributed by atoms with Crippen molar-refractivity contribution in [1.29, 1.82) is 0 Å². The van der Waals surface area contributed by atoms with Crippen LogP contribution in [0, 0.1) is 5.41 Å². The van der Waals surface area contributed by atoms with Gasteiger partial charge in [-0.15, -0.1) is 0 Å². The van der Waals surface area contributed by atoms with Crippen LogP contribution in [-0.4, -0.2) is 99.0 Å². The number of hydrazine groups is 1. The summed E-state index contributed by atoms with van der Waals surface area (Å²) in [4.78, 5) is 34.2. The number of nitrogens with one attached hydrogen (secondary N) is 2. The fourth-order valence-corrected chi connectivity index (χ4v) is 7.84. The van der Waals surface area contributed by atoms with Crippen molar-refractivity contribution in [1.82, 2.24) is 30.3 Å². The van der Waals surface area contributed by atoms with Crippen LogP contribution in [0.1, 0.15) is 53.6 Å². The van der Waals surface area contributed by atoms with Gasteiger partial charge in [0.1, 0.15) is 11.5 Å². The molecule has 1 amide bonds. The number of aliphatic hydroxyl groups is 2. The second kappa shape index (κ2) is 12.1. The van der Waals surface area contributed by atoms with E-state index in [1.807, 2.05) is 24.4 Å². The van der Waals surface area contributed by atoms with Crippen molar-refractivity contribution >= 4 is 34.6 Å². The normalized spacial score (nSPS) is 25.1. The van der Waals surface area contributed by atoms with Gasteiger partial charge in [0.2, 0.25) is 0 Å². The van der Waals surface area contributed by atoms with E-state index in [1.54, 1.807) is 23.2 Å². The molecule has 3 aromatic heterocycles. The lowest BCUT2D eigenvalue weighted by molar-refractivity contribution is -0.0691. The molecular weight excluding hydrogens is 610 g/mol. The molecule has 7 heterocycles. The molecule has 4 N–H and O–H groups in total. The topological polar surface area (TPSA) is 144 Å². The summed E-state index contributed by atoms with van der Waals surface area (Å²) in [5, 5.41) is 21.4. The summed E-state index contributed by atoms with van der Waals surface area (Å²) in [5.41, 5.74) is 12.4. The van der Waals surface area contributed by atoms with E-state index in [4.69, 9.17) is 4.74 Å². The van der Waals surface area contributed by atoms with Crippen LogP contribution in [0.15, 0.2) is 47.7 Å². The molecule has 3 aromatic rings. The minimum Gasteiger partial charge on any atom is -0.392 e. The maximum Gasteiger partial charge on any atom is 0.276 e. The van der Waals surface area contributed by atoms with Gasteiger partial charge in [0.05, 0.1) is 49.2 Å². The fraction of sp³-hybridized carbons (Fsp3) is 0.486. The third-order valence-electron chi connectivity index (χ3n) is 10.4. The maximum absolute atomic E-state index is 13.8. The van der Waals surface area contributed by atoms with Crippen LogP contribution in [0.25, 0.3) is 5.70 Å². The third-order valence-corrected chi connectivity index (χ3v) is 10.4. The van der Waals surface area contributed by atoms with Crippen LogP contribution < -0.4 is 20.7 Å². The number of hydrogen-bond donors (Lipinski definition) is 4. The second-order valence-electron chi connectivity index (χ2n) is 14.3. The van der Waals surface area contributed by atoms with E-state index in [1.165, 1.54) is 11.3 Å². The van der Waals surface area contributed by atoms with E-state index in [9.17, 15) is 15.0 Å². The molecule has 0 aromatic carbocycles. The molecule has 8 rings (SSSR count). The Morgan fingerprint density at radius 2 is 1.96 bits per heavy atom. The zero-order valence-electron chi connectivity index (χ0n) is 27.7. The smallest absolute Gasteiger partial charge is 0.276 e. The number of nitrogens with zero attached hydrogens (tertiary/aromatic N) is 7. The molecule has 13 heteroatoms. The molecule has 1 aliphatic carbocycles. The number of piperazine rings is 1. The highest BCUT2D eigenvalue weighted by Gasteiger charge is 2.38. The maximum atomic E-state index is 13.8. The van der Waals surface area contributed by atoms with Crippen molar-refractivity contribution in [2.75, 3.05) is 49.2 Å². The number of carbonyl (C=O) groups is 1. The van der Waals surface area contributed by atoms with E-state index >= 15 is 0 Å². The number of aromatic nitrogens is 3. The number of amides is 1. The lowest BCUT2D eigenvalue weighted by Gasteiger charge is -2.46. The fourth-order valence-electron chi connectivity index (χ4n) is 7.84. The van der Waals surface area contributed by atoms with Crippen LogP contribution >= 0.6 is 0 Å². The van der Waals surface area contributed by atoms with Gasteiger partial charge in [-0.2, -0.15) is 0 Å². The summed E-state index contributed by atoms with van der Waals surface area (Å²) in [6.07, 6.45) is 6.04. The van der Waals surface area contributed by atoms with Crippen molar-refractivity contribution in [3.8, 4) is 0 Å². The summed E-state index contributed by atoms with van der Waals surface area (Å²) < 4.78 is 7.55. The Kier molecular flexibility index (Phi) is 7.84. The number of ether oxygens (including phenoxy) is 1. The number of aliphatic hydroxyl groups excluding tert-OH is 2. The summed E-state index contributed by atoms with van der Waals surface area (Å²) in [5.74, 6) is 0.779. The first-order valence-electron chi connectivity index (χ1n) is 16.9. The van der Waals surface area contributed by atoms with E-state index in [-0.39, 0.29) is 17.9 Å². The molecule has 13 nitrogen and oxygen atoms in total. The minimum atomic E-state index is -1.08. The molecule has 0 radical (unpaired) electrons. The predicted octanol–water partition coefficient (Wildman–Crippen LogP) is 2.00. The van der Waals surface area contributed by atoms with Crippen molar-refractivity contribution in [3.05, 3.63) is 70.8 Å². The van der Waals surface area contributed by atoms with Crippen LogP contribution in [0.3, 0.4) is 0 Å². The Morgan fingerprint density at radius 3 is 2.69 bits per heavy atom. The van der Waals surface area contributed by atoms with E-state index in [0.717, 1.165) is 51.4 Å². The molecule has 48 heavy (non-hydrogen) atoms. The monoisotopic (exact) mass is 653 g/mol. The first-order chi connectivity index (χ1) is 23.2. The average Bonchev–Trinajstić information content (AvgIpc) is 3.54. The predicted molar refractivity (Wildman–Crippen MR) is 182 cm³/mol. The molecule has 2 fully saturated rings. The Labute approximate surface area is 279 Å². The van der Waals surface area contributed by atoms with Gasteiger partial charge in [-0.05, 0) is 61.1 Å². The highest BCUT2D eigenvalue weighted by atomic mass is 16.5. The summed E-state index contributed by atoms with van der Waals surface area (Å²) in [6.45, 7) is 12.1. The van der Waals surface area contributed by atoms with Gasteiger partial charge < -0.3 is 29.8 Å². The van der Waals surface area contributed by atoms with Crippen LogP contribution in [-0.2, 0) is 30.7 Å². The van der Waals surface area contributed by atoms with Crippen molar-refractivity contribution < 1.29 is 19.7 Å². The molecule has 0 saturated carbocycles. The molecule has 1 unspecified atom stereocenters. The SMILES string of the molecule is C[C@H]1CN(C2COC2)CCN1c1ccc(N=C2C=C(c3ccnc(N4CCn5c(cc6c5CC(C)(C)C6)C4=O)c3CO)NNC2O)nc1. The van der Waals surface area contributed by atoms with Gasteiger partial charge in [-0.25, -0.2) is 20.4 Å². The number of anilines is 2. The van der Waals surface area contributed by atoms with Gasteiger partial charge in [0, 0.05) is 61.8 Å². The van der Waals surface area contributed by atoms with Gasteiger partial charge in [-0.1, -0.05) is 13.8 Å². The number of fused-ring (bicyclic) bond motifs is 3. The van der Waals surface area contributed by atoms with E-state index in [2.05, 4.69) is 61.0 Å². The molecular formula is C35H43N9O4. The lowest BCUT2D eigenvalue weighted by atomic mass is 9.90. The van der Waals surface area contributed by atoms with Crippen molar-refractivity contribution in [2.24, 2.45) is 10.4 Å². The van der Waals surface area contributed by atoms with Crippen LogP contribution in [0.4, 0.5) is 17.3 Å². The number of aliphatic imine (C=N–C) groups is 1. The van der Waals surface area contributed by atoms with Gasteiger partial charge in [-0.3, -0.25) is 14.6 Å². The van der Waals surface area contributed by atoms with E-state index in [0.29, 0.717) is 65.0 Å². The Bertz CT molecular complexity index is 1800. The van der Waals surface area contributed by atoms with Gasteiger partial charge >= 0.3 is 0 Å². The molecule has 4 aliphatic heterocycles. The number of pyridine rings is 2. The summed E-state index contributed by atoms with van der Waals surface area (Å²) in [7, 11) is 0. The molecule has 2 atom stereocenters. The Hall–Kier alpha value is -4.14. The minimum absolute atomic E-state index is 0.118. The van der Waals surface area contributed by atoms with E-state index < -0.39 is 6.23 Å². The van der Waals surface area contributed by atoms with Crippen molar-refractivity contribution in [2.45, 2.75) is 65.1 Å². The summed E-state index contributed by atoms with van der Waals surface area (Å²) in [6, 6.07) is 8.59. The van der Waals surface area contributed by atoms with Gasteiger partial charge in [0.25, 0.3) is 5.91 Å². The lowest BCUT2D eigenvalue weighted by Crippen LogP contribution is -2.59. The number of hydrogen-bond acceptors (Lipinski definition) is 11. The Balaban J connectivity index is 1.02.